The highest BCUT2D eigenvalue weighted by atomic mass is 16.2. The van der Waals surface area contributed by atoms with E-state index in [0.717, 1.165) is 30.2 Å². The minimum atomic E-state index is 0.0741. The molecular formula is C20H23N7O. The first-order chi connectivity index (χ1) is 13.6. The zero-order valence-corrected chi connectivity index (χ0v) is 16.1. The van der Waals surface area contributed by atoms with Gasteiger partial charge >= 0.3 is 0 Å². The summed E-state index contributed by atoms with van der Waals surface area (Å²) in [6.45, 7) is 2.79. The molecule has 1 saturated heterocycles. The van der Waals surface area contributed by atoms with Crippen molar-refractivity contribution in [3.8, 4) is 5.82 Å². The summed E-state index contributed by atoms with van der Waals surface area (Å²) in [6.07, 6.45) is 3.54. The SMILES string of the molecule is CN(C)c1ccc(C(=O)N2CCN(c3ccc(-n4cccn4)nn3)CC2)cc1. The quantitative estimate of drug-likeness (QED) is 0.689. The summed E-state index contributed by atoms with van der Waals surface area (Å²) in [5.74, 6) is 1.58. The van der Waals surface area contributed by atoms with Gasteiger partial charge in [-0.05, 0) is 42.5 Å². The number of benzene rings is 1. The van der Waals surface area contributed by atoms with Gasteiger partial charge in [0.2, 0.25) is 0 Å². The van der Waals surface area contributed by atoms with Gasteiger partial charge in [0.05, 0.1) is 0 Å². The third kappa shape index (κ3) is 3.66. The van der Waals surface area contributed by atoms with Gasteiger partial charge in [-0.1, -0.05) is 0 Å². The number of amides is 1. The first-order valence-electron chi connectivity index (χ1n) is 9.27. The van der Waals surface area contributed by atoms with E-state index in [2.05, 4.69) is 20.2 Å². The average molecular weight is 377 g/mol. The Kier molecular flexibility index (Phi) is 4.92. The van der Waals surface area contributed by atoms with Crippen LogP contribution in [0.4, 0.5) is 11.5 Å². The molecule has 8 nitrogen and oxygen atoms in total. The van der Waals surface area contributed by atoms with E-state index in [0.29, 0.717) is 18.9 Å². The molecule has 1 aliphatic rings. The van der Waals surface area contributed by atoms with Gasteiger partial charge < -0.3 is 14.7 Å². The maximum absolute atomic E-state index is 12.8. The van der Waals surface area contributed by atoms with Gasteiger partial charge in [0.15, 0.2) is 11.6 Å². The molecule has 0 aliphatic carbocycles. The van der Waals surface area contributed by atoms with Crippen molar-refractivity contribution in [3.05, 3.63) is 60.4 Å². The zero-order valence-electron chi connectivity index (χ0n) is 16.1. The fourth-order valence-corrected chi connectivity index (χ4v) is 3.24. The molecule has 1 fully saturated rings. The van der Waals surface area contributed by atoms with Gasteiger partial charge in [0.1, 0.15) is 0 Å². The topological polar surface area (TPSA) is 70.4 Å². The van der Waals surface area contributed by atoms with Crippen LogP contribution in [0.2, 0.25) is 0 Å². The normalized spacial score (nSPS) is 14.2. The van der Waals surface area contributed by atoms with Crippen molar-refractivity contribution in [1.82, 2.24) is 24.9 Å². The predicted octanol–water partition coefficient (Wildman–Crippen LogP) is 1.69. The summed E-state index contributed by atoms with van der Waals surface area (Å²) in [5.41, 5.74) is 1.81. The number of anilines is 2. The van der Waals surface area contributed by atoms with Crippen molar-refractivity contribution in [1.29, 1.82) is 0 Å². The second-order valence-corrected chi connectivity index (χ2v) is 6.92. The summed E-state index contributed by atoms with van der Waals surface area (Å²) >= 11 is 0. The molecule has 0 radical (unpaired) electrons. The third-order valence-corrected chi connectivity index (χ3v) is 4.90. The summed E-state index contributed by atoms with van der Waals surface area (Å²) in [7, 11) is 3.97. The predicted molar refractivity (Wildman–Crippen MR) is 108 cm³/mol. The van der Waals surface area contributed by atoms with E-state index in [1.54, 1.807) is 10.9 Å². The molecule has 0 unspecified atom stereocenters. The summed E-state index contributed by atoms with van der Waals surface area (Å²) in [4.78, 5) is 18.8. The second kappa shape index (κ2) is 7.67. The number of rotatable bonds is 4. The molecular weight excluding hydrogens is 354 g/mol. The monoisotopic (exact) mass is 377 g/mol. The Bertz CT molecular complexity index is 912. The van der Waals surface area contributed by atoms with Crippen LogP contribution in [0.3, 0.4) is 0 Å². The minimum Gasteiger partial charge on any atom is -0.378 e. The number of carbonyl (C=O) groups is 1. The highest BCUT2D eigenvalue weighted by Gasteiger charge is 2.23. The van der Waals surface area contributed by atoms with Crippen LogP contribution in [-0.4, -0.2) is 71.1 Å². The van der Waals surface area contributed by atoms with E-state index in [4.69, 9.17) is 0 Å². The van der Waals surface area contributed by atoms with E-state index < -0.39 is 0 Å². The molecule has 0 N–H and O–H groups in total. The van der Waals surface area contributed by atoms with E-state index >= 15 is 0 Å². The summed E-state index contributed by atoms with van der Waals surface area (Å²) in [5, 5.41) is 12.7. The largest absolute Gasteiger partial charge is 0.378 e. The molecule has 1 aromatic carbocycles. The van der Waals surface area contributed by atoms with Crippen molar-refractivity contribution in [3.63, 3.8) is 0 Å². The van der Waals surface area contributed by atoms with Gasteiger partial charge in [-0.15, -0.1) is 10.2 Å². The van der Waals surface area contributed by atoms with E-state index in [-0.39, 0.29) is 5.91 Å². The first-order valence-corrected chi connectivity index (χ1v) is 9.27. The van der Waals surface area contributed by atoms with Gasteiger partial charge in [0.25, 0.3) is 5.91 Å². The molecule has 28 heavy (non-hydrogen) atoms. The van der Waals surface area contributed by atoms with E-state index in [1.807, 2.05) is 72.6 Å². The van der Waals surface area contributed by atoms with Crippen molar-refractivity contribution in [2.24, 2.45) is 0 Å². The zero-order chi connectivity index (χ0) is 19.5. The minimum absolute atomic E-state index is 0.0741. The Morgan fingerprint density at radius 2 is 1.61 bits per heavy atom. The molecule has 8 heteroatoms. The fourth-order valence-electron chi connectivity index (χ4n) is 3.24. The molecule has 1 amide bonds. The molecule has 3 heterocycles. The number of piperazine rings is 1. The highest BCUT2D eigenvalue weighted by molar-refractivity contribution is 5.94. The van der Waals surface area contributed by atoms with Gasteiger partial charge in [-0.25, -0.2) is 4.68 Å². The standard InChI is InChI=1S/C20H23N7O/c1-24(2)17-6-4-16(5-7-17)20(28)26-14-12-25(13-15-26)18-8-9-19(23-22-18)27-11-3-10-21-27/h3-11H,12-15H2,1-2H3. The molecule has 1 aliphatic heterocycles. The fraction of sp³-hybridized carbons (Fsp3) is 0.300. The lowest BCUT2D eigenvalue weighted by atomic mass is 10.1. The lowest BCUT2D eigenvalue weighted by Gasteiger charge is -2.35. The molecule has 0 bridgehead atoms. The highest BCUT2D eigenvalue weighted by Crippen LogP contribution is 2.17. The van der Waals surface area contributed by atoms with Gasteiger partial charge in [-0.3, -0.25) is 4.79 Å². The first kappa shape index (κ1) is 18.0. The molecule has 4 rings (SSSR count). The molecule has 2 aromatic heterocycles. The van der Waals surface area contributed by atoms with Gasteiger partial charge in [0, 0.05) is 63.9 Å². The van der Waals surface area contributed by atoms with Crippen LogP contribution in [0.25, 0.3) is 5.82 Å². The summed E-state index contributed by atoms with van der Waals surface area (Å²) in [6, 6.07) is 13.4. The van der Waals surface area contributed by atoms with Crippen molar-refractivity contribution < 1.29 is 4.79 Å². The van der Waals surface area contributed by atoms with Crippen LogP contribution >= 0.6 is 0 Å². The van der Waals surface area contributed by atoms with Crippen molar-refractivity contribution in [2.45, 2.75) is 0 Å². The molecule has 0 atom stereocenters. The molecule has 0 saturated carbocycles. The van der Waals surface area contributed by atoms with Crippen LogP contribution in [0, 0.1) is 0 Å². The maximum atomic E-state index is 12.8. The average Bonchev–Trinajstić information content (AvgIpc) is 3.28. The third-order valence-electron chi connectivity index (χ3n) is 4.90. The van der Waals surface area contributed by atoms with Crippen LogP contribution in [-0.2, 0) is 0 Å². The van der Waals surface area contributed by atoms with Gasteiger partial charge in [-0.2, -0.15) is 5.10 Å². The Morgan fingerprint density at radius 3 is 2.18 bits per heavy atom. The van der Waals surface area contributed by atoms with Crippen LogP contribution in [0.1, 0.15) is 10.4 Å². The Morgan fingerprint density at radius 1 is 0.929 bits per heavy atom. The lowest BCUT2D eigenvalue weighted by molar-refractivity contribution is 0.0746. The van der Waals surface area contributed by atoms with E-state index in [1.165, 1.54) is 0 Å². The Hall–Kier alpha value is -3.42. The van der Waals surface area contributed by atoms with Crippen LogP contribution in [0.5, 0.6) is 0 Å². The number of hydrogen-bond acceptors (Lipinski definition) is 6. The Labute approximate surface area is 164 Å². The van der Waals surface area contributed by atoms with Crippen LogP contribution in [0.15, 0.2) is 54.9 Å². The van der Waals surface area contributed by atoms with Crippen molar-refractivity contribution in [2.75, 3.05) is 50.1 Å². The van der Waals surface area contributed by atoms with Crippen LogP contribution < -0.4 is 9.80 Å². The number of nitrogens with zero attached hydrogens (tertiary/aromatic N) is 7. The molecule has 144 valence electrons. The number of hydrogen-bond donors (Lipinski definition) is 0. The maximum Gasteiger partial charge on any atom is 0.253 e. The smallest absolute Gasteiger partial charge is 0.253 e. The van der Waals surface area contributed by atoms with E-state index in [9.17, 15) is 4.79 Å². The second-order valence-electron chi connectivity index (χ2n) is 6.92. The molecule has 0 spiro atoms. The number of carbonyl (C=O) groups excluding carboxylic acids is 1. The Balaban J connectivity index is 1.37. The summed E-state index contributed by atoms with van der Waals surface area (Å²) < 4.78 is 1.68. The molecule has 3 aromatic rings. The lowest BCUT2D eigenvalue weighted by Crippen LogP contribution is -2.49. The number of aromatic nitrogens is 4. The van der Waals surface area contributed by atoms with Crippen molar-refractivity contribution >= 4 is 17.4 Å².